The molecule has 0 aromatic heterocycles. The first kappa shape index (κ1) is 14.0. The van der Waals surface area contributed by atoms with Gasteiger partial charge in [-0.3, -0.25) is 0 Å². The van der Waals surface area contributed by atoms with E-state index in [1.54, 1.807) is 11.8 Å². The summed E-state index contributed by atoms with van der Waals surface area (Å²) >= 11 is 4.65. The fourth-order valence-electron chi connectivity index (χ4n) is 1.33. The van der Waals surface area contributed by atoms with E-state index in [1.165, 1.54) is 25.0 Å². The van der Waals surface area contributed by atoms with Crippen molar-refractivity contribution in [1.29, 1.82) is 0 Å². The fourth-order valence-corrected chi connectivity index (χ4v) is 2.72. The van der Waals surface area contributed by atoms with Crippen LogP contribution in [0.4, 0.5) is 8.78 Å². The number of rotatable bonds is 6. The van der Waals surface area contributed by atoms with E-state index in [-0.39, 0.29) is 5.56 Å². The van der Waals surface area contributed by atoms with Crippen LogP contribution in [0.5, 0.6) is 0 Å². The minimum absolute atomic E-state index is 0.177. The number of hydrogen-bond donors (Lipinski definition) is 0. The molecule has 16 heavy (non-hydrogen) atoms. The van der Waals surface area contributed by atoms with Gasteiger partial charge in [0.25, 0.3) is 0 Å². The van der Waals surface area contributed by atoms with Gasteiger partial charge in [0.2, 0.25) is 0 Å². The standard InChI is InChI=1S/C12H15BrF2S/c1-2-3-4-7-16-8-9-11(14)6-5-10(13)12(9)15/h5-6H,2-4,7-8H2,1H3. The molecule has 0 nitrogen and oxygen atoms in total. The van der Waals surface area contributed by atoms with E-state index in [0.717, 1.165) is 12.2 Å². The number of unbranched alkanes of at least 4 members (excludes halogenated alkanes) is 2. The van der Waals surface area contributed by atoms with E-state index < -0.39 is 11.6 Å². The van der Waals surface area contributed by atoms with E-state index in [0.29, 0.717) is 10.2 Å². The first-order valence-electron chi connectivity index (χ1n) is 5.37. The van der Waals surface area contributed by atoms with E-state index in [4.69, 9.17) is 0 Å². The lowest BCUT2D eigenvalue weighted by Crippen LogP contribution is -1.95. The molecule has 0 aliphatic heterocycles. The molecule has 1 aromatic rings. The molecule has 90 valence electrons. The Morgan fingerprint density at radius 2 is 2.00 bits per heavy atom. The zero-order valence-electron chi connectivity index (χ0n) is 9.23. The first-order valence-corrected chi connectivity index (χ1v) is 7.31. The van der Waals surface area contributed by atoms with E-state index in [1.807, 2.05) is 0 Å². The van der Waals surface area contributed by atoms with Crippen LogP contribution in [0.2, 0.25) is 0 Å². The number of hydrogen-bond acceptors (Lipinski definition) is 1. The Hall–Kier alpha value is -0.0900. The van der Waals surface area contributed by atoms with Crippen molar-refractivity contribution >= 4 is 27.7 Å². The fraction of sp³-hybridized carbons (Fsp3) is 0.500. The average Bonchev–Trinajstić information content (AvgIpc) is 2.28. The van der Waals surface area contributed by atoms with Gasteiger partial charge in [0.1, 0.15) is 11.6 Å². The normalized spacial score (nSPS) is 10.8. The minimum atomic E-state index is -0.469. The number of thioether (sulfide) groups is 1. The molecule has 0 bridgehead atoms. The molecule has 0 heterocycles. The predicted molar refractivity (Wildman–Crippen MR) is 69.7 cm³/mol. The summed E-state index contributed by atoms with van der Waals surface area (Å²) < 4.78 is 27.2. The van der Waals surface area contributed by atoms with Crippen LogP contribution < -0.4 is 0 Å². The molecule has 0 saturated carbocycles. The van der Waals surface area contributed by atoms with E-state index >= 15 is 0 Å². The van der Waals surface area contributed by atoms with Crippen LogP contribution in [0.1, 0.15) is 31.7 Å². The second-order valence-electron chi connectivity index (χ2n) is 3.58. The molecular weight excluding hydrogens is 294 g/mol. The van der Waals surface area contributed by atoms with Crippen molar-refractivity contribution in [1.82, 2.24) is 0 Å². The largest absolute Gasteiger partial charge is 0.207 e. The zero-order chi connectivity index (χ0) is 12.0. The molecule has 0 spiro atoms. The van der Waals surface area contributed by atoms with Crippen LogP contribution in [0.3, 0.4) is 0 Å². The van der Waals surface area contributed by atoms with Crippen LogP contribution >= 0.6 is 27.7 Å². The third-order valence-electron chi connectivity index (χ3n) is 2.28. The van der Waals surface area contributed by atoms with Crippen LogP contribution in [-0.4, -0.2) is 5.75 Å². The van der Waals surface area contributed by atoms with Crippen molar-refractivity contribution in [2.75, 3.05) is 5.75 Å². The molecule has 4 heteroatoms. The molecular formula is C12H15BrF2S. The first-order chi connectivity index (χ1) is 7.66. The third kappa shape index (κ3) is 4.06. The SMILES string of the molecule is CCCCCSCc1c(F)ccc(Br)c1F. The Labute approximate surface area is 108 Å². The van der Waals surface area contributed by atoms with E-state index in [2.05, 4.69) is 22.9 Å². The van der Waals surface area contributed by atoms with Crippen molar-refractivity contribution < 1.29 is 8.78 Å². The molecule has 0 aliphatic carbocycles. The molecule has 0 N–H and O–H groups in total. The lowest BCUT2D eigenvalue weighted by molar-refractivity contribution is 0.562. The number of halogens is 3. The van der Waals surface area contributed by atoms with Gasteiger partial charge in [-0.25, -0.2) is 8.78 Å². The van der Waals surface area contributed by atoms with Crippen molar-refractivity contribution in [3.63, 3.8) is 0 Å². The molecule has 0 amide bonds. The summed E-state index contributed by atoms with van der Waals surface area (Å²) in [6, 6.07) is 2.70. The van der Waals surface area contributed by atoms with Gasteiger partial charge in [0.15, 0.2) is 0 Å². The zero-order valence-corrected chi connectivity index (χ0v) is 11.6. The highest BCUT2D eigenvalue weighted by Gasteiger charge is 2.11. The molecule has 1 aromatic carbocycles. The minimum Gasteiger partial charge on any atom is -0.207 e. The second kappa shape index (κ2) is 7.28. The molecule has 0 aliphatic rings. The van der Waals surface area contributed by atoms with Crippen molar-refractivity contribution in [2.45, 2.75) is 31.9 Å². The lowest BCUT2D eigenvalue weighted by atomic mass is 10.2. The summed E-state index contributed by atoms with van der Waals surface area (Å²) in [6.45, 7) is 2.14. The Kier molecular flexibility index (Phi) is 6.36. The van der Waals surface area contributed by atoms with Gasteiger partial charge in [-0.15, -0.1) is 0 Å². The maximum atomic E-state index is 13.5. The maximum Gasteiger partial charge on any atom is 0.144 e. The molecule has 0 fully saturated rings. The van der Waals surface area contributed by atoms with Gasteiger partial charge >= 0.3 is 0 Å². The smallest absolute Gasteiger partial charge is 0.144 e. The lowest BCUT2D eigenvalue weighted by Gasteiger charge is -2.06. The van der Waals surface area contributed by atoms with Crippen molar-refractivity contribution in [2.24, 2.45) is 0 Å². The summed E-state index contributed by atoms with van der Waals surface area (Å²) in [5.41, 5.74) is 0.177. The second-order valence-corrected chi connectivity index (χ2v) is 5.54. The van der Waals surface area contributed by atoms with Crippen LogP contribution in [0, 0.1) is 11.6 Å². The maximum absolute atomic E-state index is 13.5. The number of benzene rings is 1. The van der Waals surface area contributed by atoms with Gasteiger partial charge in [-0.1, -0.05) is 19.8 Å². The summed E-state index contributed by atoms with van der Waals surface area (Å²) in [7, 11) is 0. The Morgan fingerprint density at radius 3 is 2.69 bits per heavy atom. The van der Waals surface area contributed by atoms with Gasteiger partial charge in [-0.2, -0.15) is 11.8 Å². The highest BCUT2D eigenvalue weighted by atomic mass is 79.9. The summed E-state index contributed by atoms with van der Waals surface area (Å²) in [4.78, 5) is 0. The molecule has 0 radical (unpaired) electrons. The van der Waals surface area contributed by atoms with Crippen LogP contribution in [0.25, 0.3) is 0 Å². The molecule has 0 saturated heterocycles. The Balaban J connectivity index is 2.50. The third-order valence-corrected chi connectivity index (χ3v) is 3.96. The van der Waals surface area contributed by atoms with Gasteiger partial charge in [0.05, 0.1) is 4.47 Å². The molecule has 1 rings (SSSR count). The Bertz CT molecular complexity index is 342. The topological polar surface area (TPSA) is 0 Å². The van der Waals surface area contributed by atoms with Gasteiger partial charge in [-0.05, 0) is 40.2 Å². The summed E-state index contributed by atoms with van der Waals surface area (Å²) in [5, 5.41) is 0. The predicted octanol–water partition coefficient (Wildman–Crippen LogP) is 5.15. The average molecular weight is 309 g/mol. The van der Waals surface area contributed by atoms with E-state index in [9.17, 15) is 8.78 Å². The quantitative estimate of drug-likeness (QED) is 0.517. The van der Waals surface area contributed by atoms with Gasteiger partial charge in [0, 0.05) is 11.3 Å². The monoisotopic (exact) mass is 308 g/mol. The van der Waals surface area contributed by atoms with Crippen LogP contribution in [0.15, 0.2) is 16.6 Å². The van der Waals surface area contributed by atoms with Gasteiger partial charge < -0.3 is 0 Å². The highest BCUT2D eigenvalue weighted by Crippen LogP contribution is 2.25. The Morgan fingerprint density at radius 1 is 1.25 bits per heavy atom. The van der Waals surface area contributed by atoms with Crippen molar-refractivity contribution in [3.05, 3.63) is 33.8 Å². The van der Waals surface area contributed by atoms with Crippen molar-refractivity contribution in [3.8, 4) is 0 Å². The molecule has 0 unspecified atom stereocenters. The summed E-state index contributed by atoms with van der Waals surface area (Å²) in [5.74, 6) is 0.437. The highest BCUT2D eigenvalue weighted by molar-refractivity contribution is 9.10. The van der Waals surface area contributed by atoms with Crippen LogP contribution in [-0.2, 0) is 5.75 Å². The molecule has 0 atom stereocenters. The summed E-state index contributed by atoms with van der Waals surface area (Å²) in [6.07, 6.45) is 3.45.